The number of nitriles is 2. The SMILES string of the molecule is N#Cc1ccc2oc3c(ccc4c5cc(C6=CC(C#N)CC=C6n6c7c(c8c6C=CCC8)CCC=C7)ccc5oc43)c2c1. The average molecular weight is 556 g/mol. The van der Waals surface area contributed by atoms with E-state index in [1.165, 1.54) is 22.5 Å². The van der Waals surface area contributed by atoms with Gasteiger partial charge in [0, 0.05) is 44.2 Å². The molecule has 43 heavy (non-hydrogen) atoms. The first-order valence-electron chi connectivity index (χ1n) is 14.9. The van der Waals surface area contributed by atoms with E-state index >= 15 is 0 Å². The maximum absolute atomic E-state index is 9.93. The molecular weight excluding hydrogens is 530 g/mol. The number of benzene rings is 3. The Labute approximate surface area is 247 Å². The minimum Gasteiger partial charge on any atom is -0.452 e. The van der Waals surface area contributed by atoms with Crippen LogP contribution < -0.4 is 0 Å². The molecule has 0 radical (unpaired) electrons. The molecule has 3 aromatic heterocycles. The van der Waals surface area contributed by atoms with Crippen molar-refractivity contribution < 1.29 is 8.83 Å². The first-order chi connectivity index (χ1) is 21.2. The summed E-state index contributed by atoms with van der Waals surface area (Å²) in [5.41, 5.74) is 12.3. The Morgan fingerprint density at radius 2 is 1.40 bits per heavy atom. The molecule has 3 heterocycles. The monoisotopic (exact) mass is 555 g/mol. The second-order valence-electron chi connectivity index (χ2n) is 11.6. The fraction of sp³-hybridized carbons (Fsp3) is 0.158. The van der Waals surface area contributed by atoms with E-state index in [2.05, 4.69) is 77.4 Å². The number of fused-ring (bicyclic) bond motifs is 10. The van der Waals surface area contributed by atoms with Crippen molar-refractivity contribution in [1.82, 2.24) is 4.57 Å². The molecule has 0 fully saturated rings. The summed E-state index contributed by atoms with van der Waals surface area (Å²) >= 11 is 0. The van der Waals surface area contributed by atoms with E-state index in [9.17, 15) is 10.5 Å². The predicted octanol–water partition coefficient (Wildman–Crippen LogP) is 9.55. The van der Waals surface area contributed by atoms with E-state index in [1.54, 1.807) is 6.07 Å². The fourth-order valence-corrected chi connectivity index (χ4v) is 7.28. The Morgan fingerprint density at radius 1 is 0.744 bits per heavy atom. The highest BCUT2D eigenvalue weighted by atomic mass is 16.4. The van der Waals surface area contributed by atoms with Crippen LogP contribution >= 0.6 is 0 Å². The molecule has 204 valence electrons. The molecule has 0 spiro atoms. The summed E-state index contributed by atoms with van der Waals surface area (Å²) in [5.74, 6) is -0.183. The highest BCUT2D eigenvalue weighted by molar-refractivity contribution is 6.19. The number of nitrogens with zero attached hydrogens (tertiary/aromatic N) is 3. The zero-order valence-electron chi connectivity index (χ0n) is 23.4. The minimum atomic E-state index is -0.183. The van der Waals surface area contributed by atoms with E-state index in [-0.39, 0.29) is 5.92 Å². The van der Waals surface area contributed by atoms with Crippen LogP contribution in [0.25, 0.3) is 67.3 Å². The van der Waals surface area contributed by atoms with Gasteiger partial charge in [0.2, 0.25) is 0 Å². The Balaban J connectivity index is 1.24. The number of allylic oxidation sites excluding steroid dienone is 6. The first kappa shape index (κ1) is 24.1. The molecule has 0 amide bonds. The molecule has 0 saturated heterocycles. The molecule has 0 saturated carbocycles. The third-order valence-corrected chi connectivity index (χ3v) is 9.27. The van der Waals surface area contributed by atoms with Crippen molar-refractivity contribution in [2.75, 3.05) is 0 Å². The van der Waals surface area contributed by atoms with Crippen molar-refractivity contribution in [2.24, 2.45) is 5.92 Å². The lowest BCUT2D eigenvalue weighted by atomic mass is 9.89. The van der Waals surface area contributed by atoms with E-state index in [0.717, 1.165) is 75.2 Å². The van der Waals surface area contributed by atoms with Gasteiger partial charge in [-0.25, -0.2) is 0 Å². The van der Waals surface area contributed by atoms with Gasteiger partial charge in [0.05, 0.1) is 23.6 Å². The molecule has 0 aliphatic heterocycles. The van der Waals surface area contributed by atoms with E-state index in [0.29, 0.717) is 23.2 Å². The molecule has 1 atom stereocenters. The Kier molecular flexibility index (Phi) is 5.04. The first-order valence-corrected chi connectivity index (χ1v) is 14.9. The third-order valence-electron chi connectivity index (χ3n) is 9.27. The molecular formula is C38H25N3O2. The van der Waals surface area contributed by atoms with Crippen LogP contribution in [-0.4, -0.2) is 4.57 Å². The van der Waals surface area contributed by atoms with Gasteiger partial charge in [-0.3, -0.25) is 0 Å². The predicted molar refractivity (Wildman–Crippen MR) is 171 cm³/mol. The second kappa shape index (κ2) is 8.99. The number of rotatable bonds is 2. The van der Waals surface area contributed by atoms with Gasteiger partial charge in [-0.1, -0.05) is 30.4 Å². The largest absolute Gasteiger partial charge is 0.452 e. The van der Waals surface area contributed by atoms with Gasteiger partial charge < -0.3 is 13.4 Å². The summed E-state index contributed by atoms with van der Waals surface area (Å²) in [5, 5.41) is 23.2. The lowest BCUT2D eigenvalue weighted by molar-refractivity contribution is 0.633. The van der Waals surface area contributed by atoms with Gasteiger partial charge in [-0.15, -0.1) is 0 Å². The Hall–Kier alpha value is -5.52. The second-order valence-corrected chi connectivity index (χ2v) is 11.6. The number of hydrogen-bond donors (Lipinski definition) is 0. The molecule has 1 unspecified atom stereocenters. The highest BCUT2D eigenvalue weighted by Crippen LogP contribution is 2.44. The summed E-state index contributed by atoms with van der Waals surface area (Å²) in [6, 6.07) is 20.7. The summed E-state index contributed by atoms with van der Waals surface area (Å²) in [6.07, 6.45) is 18.5. The van der Waals surface area contributed by atoms with Gasteiger partial charge in [-0.2, -0.15) is 10.5 Å². The summed E-state index contributed by atoms with van der Waals surface area (Å²) in [4.78, 5) is 0. The smallest absolute Gasteiger partial charge is 0.178 e. The Morgan fingerprint density at radius 3 is 2.05 bits per heavy atom. The van der Waals surface area contributed by atoms with Gasteiger partial charge in [0.15, 0.2) is 11.2 Å². The van der Waals surface area contributed by atoms with Crippen molar-refractivity contribution in [3.8, 4) is 12.1 Å². The van der Waals surface area contributed by atoms with Gasteiger partial charge in [0.25, 0.3) is 0 Å². The standard InChI is InChI=1S/C38H25N3O2/c39-20-22-9-14-34(41-32-7-3-1-5-25(32)26-6-2-4-8-33(26)41)29(17-22)24-11-16-36-31(19-24)28-13-12-27-30-18-23(21-40)10-15-35(30)42-37(27)38(28)43-36/h3-4,7-8,10-19,22H,1-2,5-6,9H2. The summed E-state index contributed by atoms with van der Waals surface area (Å²) in [7, 11) is 0. The molecule has 6 aromatic rings. The number of furan rings is 2. The van der Waals surface area contributed by atoms with E-state index in [1.807, 2.05) is 18.2 Å². The van der Waals surface area contributed by atoms with Gasteiger partial charge in [-0.05, 0) is 103 Å². The molecule has 3 aliphatic rings. The summed E-state index contributed by atoms with van der Waals surface area (Å²) < 4.78 is 15.1. The number of hydrogen-bond acceptors (Lipinski definition) is 4. The van der Waals surface area contributed by atoms with Crippen molar-refractivity contribution in [3.05, 3.63) is 106 Å². The minimum absolute atomic E-state index is 0.183. The van der Waals surface area contributed by atoms with Crippen molar-refractivity contribution in [1.29, 1.82) is 10.5 Å². The third kappa shape index (κ3) is 3.43. The van der Waals surface area contributed by atoms with E-state index < -0.39 is 0 Å². The molecule has 5 heteroatoms. The van der Waals surface area contributed by atoms with Crippen LogP contribution in [0.1, 0.15) is 52.9 Å². The lowest BCUT2D eigenvalue weighted by Crippen LogP contribution is -2.11. The normalized spacial score (nSPS) is 17.6. The molecule has 0 N–H and O–H groups in total. The van der Waals surface area contributed by atoms with Crippen LogP contribution in [-0.2, 0) is 12.8 Å². The lowest BCUT2D eigenvalue weighted by Gasteiger charge is -2.24. The van der Waals surface area contributed by atoms with Gasteiger partial charge in [0.1, 0.15) is 11.2 Å². The average Bonchev–Trinajstić information content (AvgIpc) is 3.73. The van der Waals surface area contributed by atoms with Crippen LogP contribution in [0.5, 0.6) is 0 Å². The van der Waals surface area contributed by atoms with Crippen LogP contribution in [0.3, 0.4) is 0 Å². The highest BCUT2D eigenvalue weighted by Gasteiger charge is 2.28. The van der Waals surface area contributed by atoms with Crippen LogP contribution in [0.15, 0.2) is 81.7 Å². The maximum Gasteiger partial charge on any atom is 0.178 e. The number of aromatic nitrogens is 1. The van der Waals surface area contributed by atoms with Crippen LogP contribution in [0.2, 0.25) is 0 Å². The molecule has 9 rings (SSSR count). The van der Waals surface area contributed by atoms with Crippen molar-refractivity contribution >= 4 is 67.3 Å². The molecule has 3 aliphatic carbocycles. The maximum atomic E-state index is 9.93. The van der Waals surface area contributed by atoms with Crippen LogP contribution in [0, 0.1) is 28.6 Å². The summed E-state index contributed by atoms with van der Waals surface area (Å²) in [6.45, 7) is 0. The topological polar surface area (TPSA) is 78.8 Å². The molecule has 3 aromatic carbocycles. The van der Waals surface area contributed by atoms with E-state index in [4.69, 9.17) is 8.83 Å². The zero-order valence-corrected chi connectivity index (χ0v) is 23.4. The fourth-order valence-electron chi connectivity index (χ4n) is 7.28. The van der Waals surface area contributed by atoms with Crippen molar-refractivity contribution in [2.45, 2.75) is 32.1 Å². The van der Waals surface area contributed by atoms with Gasteiger partial charge >= 0.3 is 0 Å². The molecule has 5 nitrogen and oxygen atoms in total. The van der Waals surface area contributed by atoms with Crippen molar-refractivity contribution in [3.63, 3.8) is 0 Å². The molecule has 0 bridgehead atoms. The van der Waals surface area contributed by atoms with Crippen LogP contribution in [0.4, 0.5) is 0 Å². The zero-order chi connectivity index (χ0) is 28.7. The Bertz CT molecular complexity index is 2370. The quantitative estimate of drug-likeness (QED) is 0.213.